The molecule has 2 aromatic rings. The van der Waals surface area contributed by atoms with E-state index in [9.17, 15) is 9.18 Å². The van der Waals surface area contributed by atoms with Gasteiger partial charge in [0.15, 0.2) is 0 Å². The fourth-order valence-electron chi connectivity index (χ4n) is 3.62. The Bertz CT molecular complexity index is 698. The van der Waals surface area contributed by atoms with Crippen LogP contribution in [0.4, 0.5) is 4.39 Å². The summed E-state index contributed by atoms with van der Waals surface area (Å²) in [5.74, 6) is 0.329. The van der Waals surface area contributed by atoms with E-state index in [-0.39, 0.29) is 24.8 Å². The van der Waals surface area contributed by atoms with Crippen LogP contribution in [0, 0.1) is 0 Å². The molecule has 2 aliphatic rings. The molecule has 2 fully saturated rings. The van der Waals surface area contributed by atoms with Crippen LogP contribution < -0.4 is 5.32 Å². The van der Waals surface area contributed by atoms with E-state index in [1.807, 2.05) is 24.3 Å². The third-order valence-electron chi connectivity index (χ3n) is 5.12. The van der Waals surface area contributed by atoms with Crippen LogP contribution in [0.15, 0.2) is 54.9 Å². The van der Waals surface area contributed by atoms with Crippen molar-refractivity contribution in [1.29, 1.82) is 0 Å². The van der Waals surface area contributed by atoms with Crippen molar-refractivity contribution in [3.63, 3.8) is 0 Å². The Balaban J connectivity index is 1.48. The number of halogens is 1. The summed E-state index contributed by atoms with van der Waals surface area (Å²) in [5, 5.41) is 3.13. The zero-order valence-electron chi connectivity index (χ0n) is 12.8. The number of nitrogens with zero attached hydrogens (tertiary/aromatic N) is 1. The van der Waals surface area contributed by atoms with Crippen molar-refractivity contribution in [2.45, 2.75) is 42.8 Å². The van der Waals surface area contributed by atoms with Gasteiger partial charge in [0.2, 0.25) is 5.91 Å². The van der Waals surface area contributed by atoms with E-state index < -0.39 is 11.6 Å². The minimum atomic E-state index is -0.898. The molecule has 2 aliphatic carbocycles. The Morgan fingerprint density at radius 2 is 1.96 bits per heavy atom. The number of nitrogens with one attached hydrogen (secondary N) is 1. The molecule has 4 heteroatoms. The molecule has 118 valence electrons. The monoisotopic (exact) mass is 310 g/mol. The zero-order valence-corrected chi connectivity index (χ0v) is 12.8. The second-order valence-electron chi connectivity index (χ2n) is 6.66. The molecule has 0 radical (unpaired) electrons. The number of carbonyl (C=O) groups is 1. The van der Waals surface area contributed by atoms with Gasteiger partial charge in [0, 0.05) is 24.4 Å². The quantitative estimate of drug-likeness (QED) is 0.943. The highest BCUT2D eigenvalue weighted by atomic mass is 19.1. The van der Waals surface area contributed by atoms with Gasteiger partial charge in [-0.3, -0.25) is 9.78 Å². The largest absolute Gasteiger partial charge is 0.352 e. The molecule has 0 bridgehead atoms. The van der Waals surface area contributed by atoms with E-state index in [1.54, 1.807) is 18.5 Å². The number of pyridine rings is 1. The third kappa shape index (κ3) is 2.52. The lowest BCUT2D eigenvalue weighted by molar-refractivity contribution is -0.132. The van der Waals surface area contributed by atoms with Crippen molar-refractivity contribution in [3.05, 3.63) is 66.0 Å². The molecule has 1 aromatic carbocycles. The van der Waals surface area contributed by atoms with Gasteiger partial charge in [-0.05, 0) is 36.5 Å². The lowest BCUT2D eigenvalue weighted by atomic mass is 9.63. The highest BCUT2D eigenvalue weighted by molar-refractivity contribution is 5.90. The summed E-state index contributed by atoms with van der Waals surface area (Å²) >= 11 is 0. The van der Waals surface area contributed by atoms with Gasteiger partial charge in [0.05, 0.1) is 5.41 Å². The maximum Gasteiger partial charge on any atom is 0.231 e. The second-order valence-corrected chi connectivity index (χ2v) is 6.66. The molecule has 1 aromatic heterocycles. The summed E-state index contributed by atoms with van der Waals surface area (Å²) in [4.78, 5) is 16.9. The fourth-order valence-corrected chi connectivity index (χ4v) is 3.62. The summed E-state index contributed by atoms with van der Waals surface area (Å²) in [7, 11) is 0. The van der Waals surface area contributed by atoms with Crippen molar-refractivity contribution < 1.29 is 9.18 Å². The number of alkyl halides is 1. The first kappa shape index (κ1) is 14.4. The highest BCUT2D eigenvalue weighted by Gasteiger charge is 2.53. The maximum absolute atomic E-state index is 13.6. The Labute approximate surface area is 134 Å². The minimum Gasteiger partial charge on any atom is -0.352 e. The van der Waals surface area contributed by atoms with Crippen molar-refractivity contribution in [2.75, 3.05) is 0 Å². The van der Waals surface area contributed by atoms with Crippen LogP contribution in [0.1, 0.15) is 36.3 Å². The first-order valence-corrected chi connectivity index (χ1v) is 8.09. The average molecular weight is 310 g/mol. The van der Waals surface area contributed by atoms with Gasteiger partial charge < -0.3 is 5.32 Å². The lowest BCUT2D eigenvalue weighted by Gasteiger charge is -2.42. The van der Waals surface area contributed by atoms with Crippen LogP contribution in [0.5, 0.6) is 0 Å². The lowest BCUT2D eigenvalue weighted by Crippen LogP contribution is -2.54. The Morgan fingerprint density at radius 1 is 1.17 bits per heavy atom. The molecular weight excluding hydrogens is 291 g/mol. The van der Waals surface area contributed by atoms with Crippen LogP contribution in [0.2, 0.25) is 0 Å². The van der Waals surface area contributed by atoms with Gasteiger partial charge in [-0.1, -0.05) is 36.4 Å². The summed E-state index contributed by atoms with van der Waals surface area (Å²) < 4.78 is 13.6. The van der Waals surface area contributed by atoms with Gasteiger partial charge in [-0.2, -0.15) is 0 Å². The summed E-state index contributed by atoms with van der Waals surface area (Å²) in [6.45, 7) is 0. The molecule has 1 heterocycles. The van der Waals surface area contributed by atoms with Crippen LogP contribution in [-0.2, 0) is 10.2 Å². The Kier molecular flexibility index (Phi) is 3.40. The molecule has 3 nitrogen and oxygen atoms in total. The number of amides is 1. The summed E-state index contributed by atoms with van der Waals surface area (Å²) in [6, 6.07) is 14.1. The van der Waals surface area contributed by atoms with E-state index in [0.717, 1.165) is 12.0 Å². The average Bonchev–Trinajstić information content (AvgIpc) is 3.32. The maximum atomic E-state index is 13.6. The normalized spacial score (nSPS) is 32.0. The standard InChI is InChI=1S/C19H19FN2O/c20-15-10-19(11-15,14-7-4-8-21-12-14)18(23)22-17-9-16(17)13-5-2-1-3-6-13/h1-8,12,15-17H,9-11H2,(H,22,23). The van der Waals surface area contributed by atoms with Crippen LogP contribution in [0.25, 0.3) is 0 Å². The molecule has 1 amide bonds. The smallest absolute Gasteiger partial charge is 0.231 e. The van der Waals surface area contributed by atoms with E-state index in [4.69, 9.17) is 0 Å². The number of rotatable bonds is 4. The molecule has 0 saturated heterocycles. The van der Waals surface area contributed by atoms with Crippen LogP contribution in [0.3, 0.4) is 0 Å². The molecule has 2 unspecified atom stereocenters. The topological polar surface area (TPSA) is 42.0 Å². The molecule has 2 saturated carbocycles. The van der Waals surface area contributed by atoms with E-state index in [2.05, 4.69) is 22.4 Å². The summed E-state index contributed by atoms with van der Waals surface area (Å²) in [5.41, 5.74) is 1.34. The molecule has 0 spiro atoms. The first-order chi connectivity index (χ1) is 11.2. The predicted molar refractivity (Wildman–Crippen MR) is 85.8 cm³/mol. The Morgan fingerprint density at radius 3 is 2.61 bits per heavy atom. The molecular formula is C19H19FN2O. The van der Waals surface area contributed by atoms with Crippen molar-refractivity contribution in [3.8, 4) is 0 Å². The number of aromatic nitrogens is 1. The van der Waals surface area contributed by atoms with Crippen LogP contribution >= 0.6 is 0 Å². The van der Waals surface area contributed by atoms with Gasteiger partial charge in [0.1, 0.15) is 6.17 Å². The second kappa shape index (κ2) is 5.44. The van der Waals surface area contributed by atoms with Gasteiger partial charge in [-0.25, -0.2) is 4.39 Å². The van der Waals surface area contributed by atoms with Gasteiger partial charge in [-0.15, -0.1) is 0 Å². The molecule has 0 aliphatic heterocycles. The number of hydrogen-bond donors (Lipinski definition) is 1. The number of hydrogen-bond acceptors (Lipinski definition) is 2. The molecule has 1 N–H and O–H groups in total. The molecule has 23 heavy (non-hydrogen) atoms. The van der Waals surface area contributed by atoms with Gasteiger partial charge in [0.25, 0.3) is 0 Å². The number of carbonyl (C=O) groups excluding carboxylic acids is 1. The van der Waals surface area contributed by atoms with Crippen molar-refractivity contribution >= 4 is 5.91 Å². The molecule has 4 rings (SSSR count). The summed E-state index contributed by atoms with van der Waals surface area (Å²) in [6.07, 6.45) is 3.93. The molecule has 2 atom stereocenters. The highest BCUT2D eigenvalue weighted by Crippen LogP contribution is 2.47. The van der Waals surface area contributed by atoms with E-state index >= 15 is 0 Å². The Hall–Kier alpha value is -2.23. The third-order valence-corrected chi connectivity index (χ3v) is 5.12. The zero-order chi connectivity index (χ0) is 15.9. The van der Waals surface area contributed by atoms with Crippen molar-refractivity contribution in [2.24, 2.45) is 0 Å². The van der Waals surface area contributed by atoms with Gasteiger partial charge >= 0.3 is 0 Å². The first-order valence-electron chi connectivity index (χ1n) is 8.09. The van der Waals surface area contributed by atoms with Crippen molar-refractivity contribution in [1.82, 2.24) is 10.3 Å². The van der Waals surface area contributed by atoms with Crippen LogP contribution in [-0.4, -0.2) is 23.1 Å². The predicted octanol–water partition coefficient (Wildman–Crippen LogP) is 3.12. The SMILES string of the molecule is O=C(NC1CC1c1ccccc1)C1(c2cccnc2)CC(F)C1. The minimum absolute atomic E-state index is 0.0529. The number of benzene rings is 1. The van der Waals surface area contributed by atoms with E-state index in [0.29, 0.717) is 5.92 Å². The fraction of sp³-hybridized carbons (Fsp3) is 0.368. The van der Waals surface area contributed by atoms with E-state index in [1.165, 1.54) is 5.56 Å².